The van der Waals surface area contributed by atoms with E-state index in [1.165, 1.54) is 49.8 Å². The summed E-state index contributed by atoms with van der Waals surface area (Å²) < 4.78 is 0. The maximum absolute atomic E-state index is 5.70. The number of hydrogen-bond acceptors (Lipinski definition) is 1. The highest BCUT2D eigenvalue weighted by atomic mass is 32.1. The first-order chi connectivity index (χ1) is 9.74. The highest BCUT2D eigenvalue weighted by Crippen LogP contribution is 2.29. The van der Waals surface area contributed by atoms with Crippen LogP contribution in [0, 0.1) is 5.92 Å². The molecule has 0 aromatic heterocycles. The van der Waals surface area contributed by atoms with Crippen molar-refractivity contribution in [3.05, 3.63) is 29.8 Å². The van der Waals surface area contributed by atoms with Gasteiger partial charge < -0.3 is 10.2 Å². The Morgan fingerprint density at radius 2 is 1.95 bits per heavy atom. The first-order valence-corrected chi connectivity index (χ1v) is 8.31. The third-order valence-corrected chi connectivity index (χ3v) is 4.86. The summed E-state index contributed by atoms with van der Waals surface area (Å²) in [5.74, 6) is 0.663. The van der Waals surface area contributed by atoms with Gasteiger partial charge in [-0.2, -0.15) is 0 Å². The second-order valence-corrected chi connectivity index (χ2v) is 6.72. The fraction of sp³-hybridized carbons (Fsp3) is 0.588. The molecule has 1 atom stereocenters. The van der Waals surface area contributed by atoms with Gasteiger partial charge in [0.05, 0.1) is 0 Å². The van der Waals surface area contributed by atoms with E-state index in [0.29, 0.717) is 12.0 Å². The number of thiocarbonyl (C=S) groups is 1. The van der Waals surface area contributed by atoms with E-state index in [0.717, 1.165) is 11.7 Å². The maximum atomic E-state index is 5.70. The molecule has 108 valence electrons. The van der Waals surface area contributed by atoms with Gasteiger partial charge in [-0.05, 0) is 49.0 Å². The van der Waals surface area contributed by atoms with Crippen LogP contribution in [-0.4, -0.2) is 17.7 Å². The quantitative estimate of drug-likeness (QED) is 0.789. The van der Waals surface area contributed by atoms with Crippen LogP contribution in [0.1, 0.15) is 44.6 Å². The molecule has 3 rings (SSSR count). The van der Waals surface area contributed by atoms with Crippen LogP contribution in [0.25, 0.3) is 0 Å². The number of hydrogen-bond donors (Lipinski definition) is 1. The minimum atomic E-state index is 0.584. The number of nitrogens with one attached hydrogen (secondary N) is 1. The second kappa shape index (κ2) is 6.13. The number of para-hydroxylation sites is 1. The van der Waals surface area contributed by atoms with E-state index in [2.05, 4.69) is 41.4 Å². The lowest BCUT2D eigenvalue weighted by Gasteiger charge is -2.37. The zero-order chi connectivity index (χ0) is 13.9. The molecule has 1 unspecified atom stereocenters. The molecule has 2 aliphatic rings. The number of fused-ring (bicyclic) bond motifs is 1. The fourth-order valence-electron chi connectivity index (χ4n) is 3.49. The predicted octanol–water partition coefficient (Wildman–Crippen LogP) is 3.89. The third kappa shape index (κ3) is 2.98. The number of anilines is 1. The highest BCUT2D eigenvalue weighted by molar-refractivity contribution is 7.80. The lowest BCUT2D eigenvalue weighted by molar-refractivity contribution is 0.412. The molecule has 20 heavy (non-hydrogen) atoms. The molecule has 1 aromatic carbocycles. The topological polar surface area (TPSA) is 15.3 Å². The molecule has 1 saturated carbocycles. The van der Waals surface area contributed by atoms with Gasteiger partial charge in [0.15, 0.2) is 5.11 Å². The summed E-state index contributed by atoms with van der Waals surface area (Å²) in [4.78, 5) is 2.31. The fourth-order valence-corrected chi connectivity index (χ4v) is 3.83. The van der Waals surface area contributed by atoms with Crippen molar-refractivity contribution < 1.29 is 0 Å². The maximum Gasteiger partial charge on any atom is 0.173 e. The molecule has 1 heterocycles. The van der Waals surface area contributed by atoms with Crippen LogP contribution in [0.2, 0.25) is 0 Å². The van der Waals surface area contributed by atoms with Crippen LogP contribution < -0.4 is 10.2 Å². The van der Waals surface area contributed by atoms with Gasteiger partial charge in [-0.3, -0.25) is 0 Å². The van der Waals surface area contributed by atoms with Crippen molar-refractivity contribution in [2.75, 3.05) is 11.4 Å². The van der Waals surface area contributed by atoms with E-state index in [4.69, 9.17) is 12.2 Å². The molecule has 0 bridgehead atoms. The van der Waals surface area contributed by atoms with Crippen molar-refractivity contribution in [2.24, 2.45) is 5.92 Å². The van der Waals surface area contributed by atoms with E-state index >= 15 is 0 Å². The molecule has 1 aliphatic carbocycles. The van der Waals surface area contributed by atoms with Crippen LogP contribution in [0.15, 0.2) is 24.3 Å². The Hall–Kier alpha value is -1.09. The Morgan fingerprint density at radius 3 is 2.75 bits per heavy atom. The molecule has 2 nitrogen and oxygen atoms in total. The van der Waals surface area contributed by atoms with E-state index in [9.17, 15) is 0 Å². The minimum absolute atomic E-state index is 0.584. The van der Waals surface area contributed by atoms with Crippen molar-refractivity contribution >= 4 is 23.0 Å². The van der Waals surface area contributed by atoms with Gasteiger partial charge in [-0.15, -0.1) is 0 Å². The summed E-state index contributed by atoms with van der Waals surface area (Å²) in [5, 5.41) is 4.53. The minimum Gasteiger partial charge on any atom is -0.360 e. The summed E-state index contributed by atoms with van der Waals surface area (Å²) in [6, 6.07) is 9.27. The molecular weight excluding hydrogens is 264 g/mol. The Morgan fingerprint density at radius 1 is 1.20 bits per heavy atom. The largest absolute Gasteiger partial charge is 0.360 e. The lowest BCUT2D eigenvalue weighted by atomic mass is 9.94. The van der Waals surface area contributed by atoms with Crippen LogP contribution in [0.4, 0.5) is 5.69 Å². The Balaban J connectivity index is 1.74. The van der Waals surface area contributed by atoms with Gasteiger partial charge >= 0.3 is 0 Å². The van der Waals surface area contributed by atoms with Crippen LogP contribution in [0.3, 0.4) is 0 Å². The molecule has 1 N–H and O–H groups in total. The third-order valence-electron chi connectivity index (χ3n) is 4.52. The Bertz CT molecular complexity index is 480. The van der Waals surface area contributed by atoms with Gasteiger partial charge in [-0.25, -0.2) is 0 Å². The van der Waals surface area contributed by atoms with E-state index in [1.807, 2.05) is 0 Å². The van der Waals surface area contributed by atoms with Gasteiger partial charge in [0.25, 0.3) is 0 Å². The molecule has 1 aromatic rings. The molecule has 0 spiro atoms. The van der Waals surface area contributed by atoms with E-state index < -0.39 is 0 Å². The zero-order valence-corrected chi connectivity index (χ0v) is 13.1. The number of rotatable bonds is 1. The standard InChI is InChI=1S/C17H24N2S/c1-13-11-14-7-5-6-10-16(14)19(12-13)17(20)18-15-8-3-2-4-9-15/h5-7,10,13,15H,2-4,8-9,11-12H2,1H3,(H,18,20). The number of nitrogens with zero attached hydrogens (tertiary/aromatic N) is 1. The molecule has 1 aliphatic heterocycles. The first-order valence-electron chi connectivity index (χ1n) is 7.90. The van der Waals surface area contributed by atoms with Crippen molar-refractivity contribution in [2.45, 2.75) is 51.5 Å². The van der Waals surface area contributed by atoms with Gasteiger partial charge in [0.2, 0.25) is 0 Å². The van der Waals surface area contributed by atoms with Gasteiger partial charge in [0, 0.05) is 18.3 Å². The predicted molar refractivity (Wildman–Crippen MR) is 89.3 cm³/mol. The smallest absolute Gasteiger partial charge is 0.173 e. The SMILES string of the molecule is CC1Cc2ccccc2N(C(=S)NC2CCCCC2)C1. The first kappa shape index (κ1) is 13.9. The highest BCUT2D eigenvalue weighted by Gasteiger charge is 2.25. The lowest BCUT2D eigenvalue weighted by Crippen LogP contribution is -2.48. The van der Waals surface area contributed by atoms with E-state index in [1.54, 1.807) is 0 Å². The second-order valence-electron chi connectivity index (χ2n) is 6.33. The van der Waals surface area contributed by atoms with E-state index in [-0.39, 0.29) is 0 Å². The van der Waals surface area contributed by atoms with Crippen molar-refractivity contribution in [3.8, 4) is 0 Å². The van der Waals surface area contributed by atoms with Crippen molar-refractivity contribution in [1.29, 1.82) is 0 Å². The normalized spacial score (nSPS) is 23.2. The summed E-state index contributed by atoms with van der Waals surface area (Å²) in [6.45, 7) is 3.35. The van der Waals surface area contributed by atoms with Crippen LogP contribution in [-0.2, 0) is 6.42 Å². The van der Waals surface area contributed by atoms with Crippen LogP contribution in [0.5, 0.6) is 0 Å². The summed E-state index contributed by atoms with van der Waals surface area (Å²) in [6.07, 6.45) is 7.77. The molecule has 0 saturated heterocycles. The Kier molecular flexibility index (Phi) is 4.25. The van der Waals surface area contributed by atoms with Gasteiger partial charge in [0.1, 0.15) is 0 Å². The molecule has 0 radical (unpaired) electrons. The van der Waals surface area contributed by atoms with Crippen molar-refractivity contribution in [1.82, 2.24) is 5.32 Å². The number of benzene rings is 1. The van der Waals surface area contributed by atoms with Crippen LogP contribution >= 0.6 is 12.2 Å². The average molecular weight is 288 g/mol. The van der Waals surface area contributed by atoms with Crippen molar-refractivity contribution in [3.63, 3.8) is 0 Å². The zero-order valence-electron chi connectivity index (χ0n) is 12.3. The average Bonchev–Trinajstić information content (AvgIpc) is 2.47. The molecular formula is C17H24N2S. The monoisotopic (exact) mass is 288 g/mol. The summed E-state index contributed by atoms with van der Waals surface area (Å²) in [5.41, 5.74) is 2.73. The molecule has 1 fully saturated rings. The van der Waals surface area contributed by atoms with Gasteiger partial charge in [-0.1, -0.05) is 44.4 Å². The summed E-state index contributed by atoms with van der Waals surface area (Å²) in [7, 11) is 0. The summed E-state index contributed by atoms with van der Waals surface area (Å²) >= 11 is 5.70. The Labute approximate surface area is 127 Å². The molecule has 3 heteroatoms. The molecule has 0 amide bonds.